The smallest absolute Gasteiger partial charge is 0.276 e. The summed E-state index contributed by atoms with van der Waals surface area (Å²) in [5, 5.41) is 10.8. The van der Waals surface area contributed by atoms with Crippen molar-refractivity contribution < 1.29 is 18.8 Å². The molecule has 0 fully saturated rings. The molecule has 1 atom stereocenters. The van der Waals surface area contributed by atoms with Gasteiger partial charge in [-0.1, -0.05) is 13.8 Å². The van der Waals surface area contributed by atoms with Crippen LogP contribution in [0.15, 0.2) is 10.8 Å². The van der Waals surface area contributed by atoms with Gasteiger partial charge in [-0.3, -0.25) is 19.1 Å². The van der Waals surface area contributed by atoms with Gasteiger partial charge in [-0.05, 0) is 51.4 Å². The molecule has 2 aliphatic rings. The maximum Gasteiger partial charge on any atom is 0.276 e. The van der Waals surface area contributed by atoms with Gasteiger partial charge < -0.3 is 20.0 Å². The number of oxazole rings is 1. The van der Waals surface area contributed by atoms with E-state index in [0.29, 0.717) is 62.7 Å². The van der Waals surface area contributed by atoms with Crippen LogP contribution >= 0.6 is 0 Å². The molecule has 2 N–H and O–H groups in total. The summed E-state index contributed by atoms with van der Waals surface area (Å²) in [4.78, 5) is 44.5. The summed E-state index contributed by atoms with van der Waals surface area (Å²) >= 11 is 0. The molecule has 0 radical (unpaired) electrons. The van der Waals surface area contributed by atoms with Crippen LogP contribution in [0.25, 0.3) is 0 Å². The second kappa shape index (κ2) is 11.0. The molecule has 3 heterocycles. The van der Waals surface area contributed by atoms with Gasteiger partial charge in [-0.25, -0.2) is 4.98 Å². The fourth-order valence-corrected chi connectivity index (χ4v) is 4.82. The molecular formula is C25H36N6O4. The van der Waals surface area contributed by atoms with Crippen LogP contribution in [-0.4, -0.2) is 63.1 Å². The minimum atomic E-state index is -0.223. The van der Waals surface area contributed by atoms with E-state index >= 15 is 0 Å². The van der Waals surface area contributed by atoms with Crippen molar-refractivity contribution in [1.82, 2.24) is 30.3 Å². The van der Waals surface area contributed by atoms with Gasteiger partial charge in [0.05, 0.1) is 0 Å². The molecule has 3 amide bonds. The summed E-state index contributed by atoms with van der Waals surface area (Å²) in [5.74, 6) is 0.557. The number of nitrogens with one attached hydrogen (secondary N) is 2. The molecule has 0 aromatic carbocycles. The first-order valence-corrected chi connectivity index (χ1v) is 12.7. The first-order valence-electron chi connectivity index (χ1n) is 12.7. The predicted octanol–water partition coefficient (Wildman–Crippen LogP) is 2.26. The Labute approximate surface area is 205 Å². The summed E-state index contributed by atoms with van der Waals surface area (Å²) < 4.78 is 7.19. The summed E-state index contributed by atoms with van der Waals surface area (Å²) in [6.45, 7) is 8.14. The second-order valence-electron chi connectivity index (χ2n) is 9.95. The van der Waals surface area contributed by atoms with Crippen LogP contribution in [0.1, 0.15) is 83.9 Å². The zero-order chi connectivity index (χ0) is 24.9. The first-order chi connectivity index (χ1) is 16.8. The lowest BCUT2D eigenvalue weighted by atomic mass is 9.91. The van der Waals surface area contributed by atoms with Gasteiger partial charge in [0.25, 0.3) is 11.8 Å². The Bertz CT molecular complexity index is 1070. The molecule has 0 saturated carbocycles. The largest absolute Gasteiger partial charge is 0.448 e. The maximum absolute atomic E-state index is 13.1. The van der Waals surface area contributed by atoms with Gasteiger partial charge >= 0.3 is 0 Å². The number of carbonyl (C=O) groups is 3. The summed E-state index contributed by atoms with van der Waals surface area (Å²) in [6, 6.07) is -0.0232. The Hall–Kier alpha value is -3.17. The van der Waals surface area contributed by atoms with Crippen molar-refractivity contribution in [3.63, 3.8) is 0 Å². The monoisotopic (exact) mass is 484 g/mol. The average Bonchev–Trinajstić information content (AvgIpc) is 3.41. The van der Waals surface area contributed by atoms with E-state index in [1.54, 1.807) is 11.8 Å². The molecule has 1 aliphatic heterocycles. The van der Waals surface area contributed by atoms with Crippen LogP contribution in [0.3, 0.4) is 0 Å². The molecule has 35 heavy (non-hydrogen) atoms. The fraction of sp³-hybridized carbons (Fsp3) is 0.640. The molecule has 0 saturated heterocycles. The van der Waals surface area contributed by atoms with Gasteiger partial charge in [-0.15, -0.1) is 0 Å². The minimum absolute atomic E-state index is 0.0232. The zero-order valence-electron chi connectivity index (χ0n) is 20.9. The highest BCUT2D eigenvalue weighted by atomic mass is 16.3. The summed E-state index contributed by atoms with van der Waals surface area (Å²) in [7, 11) is 0. The maximum atomic E-state index is 13.1. The lowest BCUT2D eigenvalue weighted by Crippen LogP contribution is -2.40. The number of hydrogen-bond acceptors (Lipinski definition) is 6. The highest BCUT2D eigenvalue weighted by molar-refractivity contribution is 5.94. The third kappa shape index (κ3) is 5.91. The number of rotatable bonds is 4. The normalized spacial score (nSPS) is 19.7. The van der Waals surface area contributed by atoms with E-state index in [4.69, 9.17) is 9.52 Å². The van der Waals surface area contributed by atoms with E-state index in [1.807, 2.05) is 4.68 Å². The van der Waals surface area contributed by atoms with Gasteiger partial charge in [0.15, 0.2) is 17.8 Å². The van der Waals surface area contributed by atoms with Gasteiger partial charge in [0.1, 0.15) is 5.76 Å². The highest BCUT2D eigenvalue weighted by Crippen LogP contribution is 2.26. The molecule has 1 aliphatic carbocycles. The van der Waals surface area contributed by atoms with Crippen LogP contribution in [-0.2, 0) is 24.2 Å². The van der Waals surface area contributed by atoms with E-state index in [1.165, 1.54) is 6.39 Å². The molecule has 1 unspecified atom stereocenters. The molecule has 10 heteroatoms. The lowest BCUT2D eigenvalue weighted by molar-refractivity contribution is -0.122. The lowest BCUT2D eigenvalue weighted by Gasteiger charge is -2.25. The van der Waals surface area contributed by atoms with E-state index in [2.05, 4.69) is 29.5 Å². The number of fused-ring (bicyclic) bond motifs is 1. The zero-order valence-corrected chi connectivity index (χ0v) is 20.9. The van der Waals surface area contributed by atoms with E-state index in [9.17, 15) is 14.4 Å². The molecule has 2 aromatic heterocycles. The number of amides is 3. The van der Waals surface area contributed by atoms with E-state index in [0.717, 1.165) is 37.1 Å². The first kappa shape index (κ1) is 24.9. The number of carbonyl (C=O) groups excluding carboxylic acids is 3. The van der Waals surface area contributed by atoms with Gasteiger partial charge in [-0.2, -0.15) is 5.10 Å². The quantitative estimate of drug-likeness (QED) is 0.686. The molecule has 2 aromatic rings. The Morgan fingerprint density at radius 3 is 2.77 bits per heavy atom. The van der Waals surface area contributed by atoms with Crippen molar-refractivity contribution >= 4 is 17.7 Å². The van der Waals surface area contributed by atoms with Crippen molar-refractivity contribution in [2.75, 3.05) is 19.6 Å². The number of hydrogen-bond donors (Lipinski definition) is 2. The van der Waals surface area contributed by atoms with Crippen LogP contribution in [0.5, 0.6) is 0 Å². The van der Waals surface area contributed by atoms with Crippen molar-refractivity contribution in [3.8, 4) is 0 Å². The number of aryl methyl sites for hydroxylation is 2. The molecule has 2 bridgehead atoms. The van der Waals surface area contributed by atoms with Crippen LogP contribution in [0, 0.1) is 12.8 Å². The highest BCUT2D eigenvalue weighted by Gasteiger charge is 2.30. The number of nitrogens with zero attached hydrogens (tertiary/aromatic N) is 4. The van der Waals surface area contributed by atoms with Crippen molar-refractivity contribution in [2.45, 2.75) is 78.3 Å². The third-order valence-corrected chi connectivity index (χ3v) is 6.80. The van der Waals surface area contributed by atoms with E-state index in [-0.39, 0.29) is 29.5 Å². The average molecular weight is 485 g/mol. The summed E-state index contributed by atoms with van der Waals surface area (Å²) in [5.41, 5.74) is 2.82. The minimum Gasteiger partial charge on any atom is -0.448 e. The van der Waals surface area contributed by atoms with Gasteiger partial charge in [0.2, 0.25) is 5.91 Å². The third-order valence-electron chi connectivity index (χ3n) is 6.80. The molecule has 0 spiro atoms. The van der Waals surface area contributed by atoms with Crippen molar-refractivity contribution in [3.05, 3.63) is 34.8 Å². The standard InChI is InChI=1S/C25H36N6O4/c1-16(2)9-13-31-20-8-7-18-14-19(20)23(29-31)24(33)26-10-5-12-30(11-4-6-21(32)28-18)25(34)22-17(3)35-15-27-22/h15-16,18H,4-14H2,1-3H3,(H,26,33)(H,28,32). The van der Waals surface area contributed by atoms with E-state index < -0.39 is 0 Å². The van der Waals surface area contributed by atoms with Gasteiger partial charge in [0, 0.05) is 49.9 Å². The Kier molecular flexibility index (Phi) is 7.87. The Morgan fingerprint density at radius 2 is 2.03 bits per heavy atom. The topological polar surface area (TPSA) is 122 Å². The SMILES string of the molecule is Cc1ocnc1C(=O)N1CCCNC(=O)c2nn(CCC(C)C)c3c2CC(CC3)NC(=O)CCC1. The van der Waals surface area contributed by atoms with Crippen LogP contribution in [0.4, 0.5) is 0 Å². The molecular weight excluding hydrogens is 448 g/mol. The number of aromatic nitrogens is 3. The molecule has 190 valence electrons. The molecule has 4 rings (SSSR count). The summed E-state index contributed by atoms with van der Waals surface area (Å²) in [6.07, 6.45) is 5.95. The Balaban J connectivity index is 1.52. The predicted molar refractivity (Wildman–Crippen MR) is 129 cm³/mol. The second-order valence-corrected chi connectivity index (χ2v) is 9.95. The van der Waals surface area contributed by atoms with Crippen LogP contribution in [0.2, 0.25) is 0 Å². The fourth-order valence-electron chi connectivity index (χ4n) is 4.82. The van der Waals surface area contributed by atoms with Crippen LogP contribution < -0.4 is 10.6 Å². The van der Waals surface area contributed by atoms with Crippen molar-refractivity contribution in [1.29, 1.82) is 0 Å². The Morgan fingerprint density at radius 1 is 1.23 bits per heavy atom. The van der Waals surface area contributed by atoms with Crippen molar-refractivity contribution in [2.24, 2.45) is 5.92 Å². The molecule has 10 nitrogen and oxygen atoms in total.